The Balaban J connectivity index is 2.33. The Labute approximate surface area is 104 Å². The van der Waals surface area contributed by atoms with Crippen molar-refractivity contribution in [2.24, 2.45) is 0 Å². The minimum absolute atomic E-state index is 0.102. The zero-order valence-electron chi connectivity index (χ0n) is 9.86. The molecule has 1 heterocycles. The summed E-state index contributed by atoms with van der Waals surface area (Å²) in [7, 11) is 0. The van der Waals surface area contributed by atoms with Gasteiger partial charge in [0.1, 0.15) is 0 Å². The highest BCUT2D eigenvalue weighted by molar-refractivity contribution is 7.98. The minimum atomic E-state index is -0.102. The molecule has 17 heavy (non-hydrogen) atoms. The van der Waals surface area contributed by atoms with Gasteiger partial charge in [-0.1, -0.05) is 12.1 Å². The average Bonchev–Trinajstić information content (AvgIpc) is 2.29. The van der Waals surface area contributed by atoms with Crippen molar-refractivity contribution in [2.75, 3.05) is 17.3 Å². The molecule has 0 aliphatic rings. The predicted molar refractivity (Wildman–Crippen MR) is 73.8 cm³/mol. The van der Waals surface area contributed by atoms with Crippen LogP contribution < -0.4 is 10.9 Å². The first kappa shape index (κ1) is 12.0. The molecule has 2 aromatic rings. The van der Waals surface area contributed by atoms with Crippen LogP contribution >= 0.6 is 11.8 Å². The van der Waals surface area contributed by atoms with Gasteiger partial charge in [-0.05, 0) is 25.3 Å². The number of anilines is 1. The Morgan fingerprint density at radius 1 is 1.47 bits per heavy atom. The van der Waals surface area contributed by atoms with Crippen LogP contribution in [0.5, 0.6) is 0 Å². The summed E-state index contributed by atoms with van der Waals surface area (Å²) in [5, 5.41) is 3.81. The molecule has 0 radical (unpaired) electrons. The molecule has 0 aliphatic heterocycles. The number of H-pyrrole nitrogens is 1. The van der Waals surface area contributed by atoms with Gasteiger partial charge in [0, 0.05) is 11.8 Å². The fourth-order valence-corrected chi connectivity index (χ4v) is 2.26. The van der Waals surface area contributed by atoms with Crippen LogP contribution in [0.3, 0.4) is 0 Å². The van der Waals surface area contributed by atoms with Gasteiger partial charge in [0.15, 0.2) is 0 Å². The first-order chi connectivity index (χ1) is 8.20. The number of para-hydroxylation sites is 1. The predicted octanol–water partition coefficient (Wildman–Crippen LogP) is 2.09. The van der Waals surface area contributed by atoms with Crippen LogP contribution in [-0.4, -0.2) is 28.0 Å². The highest BCUT2D eigenvalue weighted by atomic mass is 32.2. The topological polar surface area (TPSA) is 57.8 Å². The van der Waals surface area contributed by atoms with Gasteiger partial charge in [0.25, 0.3) is 5.56 Å². The number of nitrogens with zero attached hydrogens (tertiary/aromatic N) is 1. The molecule has 0 saturated carbocycles. The number of fused-ring (bicyclic) bond motifs is 1. The van der Waals surface area contributed by atoms with E-state index >= 15 is 0 Å². The largest absolute Gasteiger partial charge is 0.352 e. The first-order valence-electron chi connectivity index (χ1n) is 5.45. The van der Waals surface area contributed by atoms with Crippen molar-refractivity contribution < 1.29 is 0 Å². The molecule has 2 N–H and O–H groups in total. The molecule has 0 fully saturated rings. The molecule has 0 bridgehead atoms. The quantitative estimate of drug-likeness (QED) is 0.871. The van der Waals surface area contributed by atoms with E-state index in [0.717, 1.165) is 11.3 Å². The summed E-state index contributed by atoms with van der Waals surface area (Å²) >= 11 is 1.75. The van der Waals surface area contributed by atoms with E-state index in [1.54, 1.807) is 17.8 Å². The van der Waals surface area contributed by atoms with Gasteiger partial charge in [0.2, 0.25) is 5.95 Å². The smallest absolute Gasteiger partial charge is 0.260 e. The molecule has 90 valence electrons. The summed E-state index contributed by atoms with van der Waals surface area (Å²) in [6, 6.07) is 7.60. The number of rotatable bonds is 4. The van der Waals surface area contributed by atoms with Crippen molar-refractivity contribution >= 4 is 28.6 Å². The van der Waals surface area contributed by atoms with E-state index in [2.05, 4.69) is 28.5 Å². The first-order valence-corrected chi connectivity index (χ1v) is 6.84. The molecule has 1 aromatic heterocycles. The van der Waals surface area contributed by atoms with Crippen LogP contribution in [-0.2, 0) is 0 Å². The van der Waals surface area contributed by atoms with Crippen LogP contribution in [0.1, 0.15) is 6.92 Å². The van der Waals surface area contributed by atoms with E-state index in [1.165, 1.54) is 0 Å². The molecule has 5 heteroatoms. The van der Waals surface area contributed by atoms with Crippen molar-refractivity contribution in [1.29, 1.82) is 0 Å². The number of thioether (sulfide) groups is 1. The van der Waals surface area contributed by atoms with Crippen molar-refractivity contribution in [3.63, 3.8) is 0 Å². The van der Waals surface area contributed by atoms with E-state index in [0.29, 0.717) is 11.3 Å². The van der Waals surface area contributed by atoms with Crippen LogP contribution in [0.15, 0.2) is 29.1 Å². The second-order valence-electron chi connectivity index (χ2n) is 3.93. The van der Waals surface area contributed by atoms with E-state index < -0.39 is 0 Å². The van der Waals surface area contributed by atoms with Gasteiger partial charge in [-0.2, -0.15) is 11.8 Å². The molecule has 0 saturated heterocycles. The molecule has 0 amide bonds. The maximum absolute atomic E-state index is 11.8. The molecule has 1 aromatic carbocycles. The summed E-state index contributed by atoms with van der Waals surface area (Å²) < 4.78 is 0. The molecular formula is C12H15N3OS. The van der Waals surface area contributed by atoms with Crippen molar-refractivity contribution in [1.82, 2.24) is 9.97 Å². The monoisotopic (exact) mass is 249 g/mol. The maximum atomic E-state index is 11.8. The number of benzene rings is 1. The normalized spacial score (nSPS) is 12.6. The van der Waals surface area contributed by atoms with Crippen LogP contribution in [0.2, 0.25) is 0 Å². The Bertz CT molecular complexity index is 567. The van der Waals surface area contributed by atoms with E-state index in [9.17, 15) is 4.79 Å². The fourth-order valence-electron chi connectivity index (χ4n) is 1.68. The summed E-state index contributed by atoms with van der Waals surface area (Å²) in [5.41, 5.74) is 0.615. The number of hydrogen-bond donors (Lipinski definition) is 2. The van der Waals surface area contributed by atoms with Crippen LogP contribution in [0.25, 0.3) is 10.9 Å². The van der Waals surface area contributed by atoms with Crippen LogP contribution in [0.4, 0.5) is 5.95 Å². The number of hydrogen-bond acceptors (Lipinski definition) is 4. The number of aromatic amines is 1. The van der Waals surface area contributed by atoms with Crippen molar-refractivity contribution in [2.45, 2.75) is 13.0 Å². The summed E-state index contributed by atoms with van der Waals surface area (Å²) in [6.45, 7) is 2.06. The Morgan fingerprint density at radius 2 is 2.24 bits per heavy atom. The van der Waals surface area contributed by atoms with Crippen molar-refractivity contribution in [3.8, 4) is 0 Å². The minimum Gasteiger partial charge on any atom is -0.352 e. The zero-order chi connectivity index (χ0) is 12.3. The fraction of sp³-hybridized carbons (Fsp3) is 0.333. The highest BCUT2D eigenvalue weighted by Gasteiger charge is 2.05. The molecule has 2 rings (SSSR count). The molecule has 1 atom stereocenters. The summed E-state index contributed by atoms with van der Waals surface area (Å²) in [6.07, 6.45) is 2.05. The lowest BCUT2D eigenvalue weighted by molar-refractivity contribution is 0.888. The molecule has 0 spiro atoms. The SMILES string of the molecule is CSCC(C)Nc1nc2ccccc2c(=O)[nH]1. The van der Waals surface area contributed by atoms with Gasteiger partial charge in [-0.15, -0.1) is 0 Å². The molecule has 4 nitrogen and oxygen atoms in total. The average molecular weight is 249 g/mol. The molecule has 0 aliphatic carbocycles. The van der Waals surface area contributed by atoms with Gasteiger partial charge in [-0.25, -0.2) is 4.98 Å². The van der Waals surface area contributed by atoms with Gasteiger partial charge in [-0.3, -0.25) is 9.78 Å². The summed E-state index contributed by atoms with van der Waals surface area (Å²) in [5.74, 6) is 1.51. The van der Waals surface area contributed by atoms with Crippen LogP contribution in [0, 0.1) is 0 Å². The Kier molecular flexibility index (Phi) is 3.68. The molecule has 1 unspecified atom stereocenters. The summed E-state index contributed by atoms with van der Waals surface area (Å²) in [4.78, 5) is 18.9. The third-order valence-electron chi connectivity index (χ3n) is 2.41. The Hall–Kier alpha value is -1.49. The second-order valence-corrected chi connectivity index (χ2v) is 4.84. The zero-order valence-corrected chi connectivity index (χ0v) is 10.7. The second kappa shape index (κ2) is 5.23. The Morgan fingerprint density at radius 3 is 3.00 bits per heavy atom. The molecular weight excluding hydrogens is 234 g/mol. The number of aromatic nitrogens is 2. The van der Waals surface area contributed by atoms with E-state index in [4.69, 9.17) is 0 Å². The number of nitrogens with one attached hydrogen (secondary N) is 2. The van der Waals surface area contributed by atoms with E-state index in [-0.39, 0.29) is 11.6 Å². The lowest BCUT2D eigenvalue weighted by atomic mass is 10.2. The van der Waals surface area contributed by atoms with Crippen molar-refractivity contribution in [3.05, 3.63) is 34.6 Å². The third-order valence-corrected chi connectivity index (χ3v) is 3.25. The van der Waals surface area contributed by atoms with Gasteiger partial charge < -0.3 is 5.32 Å². The third kappa shape index (κ3) is 2.79. The van der Waals surface area contributed by atoms with Gasteiger partial charge in [0.05, 0.1) is 10.9 Å². The standard InChI is InChI=1S/C12H15N3OS/c1-8(7-17-2)13-12-14-10-6-4-3-5-9(10)11(16)15-12/h3-6,8H,7H2,1-2H3,(H2,13,14,15,16). The lowest BCUT2D eigenvalue weighted by Gasteiger charge is -2.12. The highest BCUT2D eigenvalue weighted by Crippen LogP contribution is 2.09. The van der Waals surface area contributed by atoms with Gasteiger partial charge >= 0.3 is 0 Å². The lowest BCUT2D eigenvalue weighted by Crippen LogP contribution is -2.22. The maximum Gasteiger partial charge on any atom is 0.260 e. The van der Waals surface area contributed by atoms with E-state index in [1.807, 2.05) is 18.2 Å².